The molecule has 0 N–H and O–H groups in total. The first-order valence-corrected chi connectivity index (χ1v) is 11.8. The minimum absolute atomic E-state index is 0.269. The monoisotopic (exact) mass is 421 g/mol. The molecule has 3 fully saturated rings. The van der Waals surface area contributed by atoms with Crippen LogP contribution in [0.5, 0.6) is 5.75 Å². The first-order chi connectivity index (χ1) is 15.1. The Labute approximate surface area is 185 Å². The zero-order chi connectivity index (χ0) is 21.4. The Morgan fingerprint density at radius 2 is 1.84 bits per heavy atom. The van der Waals surface area contributed by atoms with Crippen LogP contribution in [0.1, 0.15) is 31.2 Å². The maximum Gasteiger partial charge on any atom is 0.226 e. The molecule has 5 heteroatoms. The molecule has 2 aliphatic heterocycles. The number of carbonyl (C=O) groups excluding carboxylic acids is 1. The molecule has 1 saturated carbocycles. The van der Waals surface area contributed by atoms with Crippen molar-refractivity contribution in [2.75, 3.05) is 53.4 Å². The molecule has 1 aliphatic carbocycles. The molecule has 0 aromatic heterocycles. The Morgan fingerprint density at radius 1 is 1.03 bits per heavy atom. The Morgan fingerprint density at radius 3 is 2.65 bits per heavy atom. The molecule has 3 aliphatic rings. The number of hydrogen-bond donors (Lipinski definition) is 0. The largest absolute Gasteiger partial charge is 0.496 e. The summed E-state index contributed by atoms with van der Waals surface area (Å²) in [7, 11) is 3.92. The second-order valence-corrected chi connectivity index (χ2v) is 9.84. The van der Waals surface area contributed by atoms with E-state index in [9.17, 15) is 4.79 Å². The molecule has 2 aromatic rings. The highest BCUT2D eigenvalue weighted by Crippen LogP contribution is 2.60. The van der Waals surface area contributed by atoms with Gasteiger partial charge in [0, 0.05) is 37.7 Å². The van der Waals surface area contributed by atoms with Crippen molar-refractivity contribution >= 4 is 16.7 Å². The van der Waals surface area contributed by atoms with E-state index in [2.05, 4.69) is 58.1 Å². The molecule has 1 spiro atoms. The summed E-state index contributed by atoms with van der Waals surface area (Å²) >= 11 is 0. The van der Waals surface area contributed by atoms with E-state index in [0.717, 1.165) is 77.2 Å². The topological polar surface area (TPSA) is 36.0 Å². The van der Waals surface area contributed by atoms with Crippen LogP contribution in [0.4, 0.5) is 0 Å². The normalized spacial score (nSPS) is 24.3. The highest BCUT2D eigenvalue weighted by molar-refractivity contribution is 5.87. The van der Waals surface area contributed by atoms with Crippen LogP contribution < -0.4 is 4.74 Å². The van der Waals surface area contributed by atoms with Gasteiger partial charge in [0.25, 0.3) is 0 Å². The lowest BCUT2D eigenvalue weighted by molar-refractivity contribution is -0.133. The lowest BCUT2D eigenvalue weighted by Crippen LogP contribution is -2.39. The summed E-state index contributed by atoms with van der Waals surface area (Å²) in [5.74, 6) is 1.68. The number of hydrogen-bond acceptors (Lipinski definition) is 4. The average Bonchev–Trinajstić information content (AvgIpc) is 3.54. The molecular formula is C26H35N3O2. The van der Waals surface area contributed by atoms with Gasteiger partial charge in [0.1, 0.15) is 5.75 Å². The molecule has 166 valence electrons. The van der Waals surface area contributed by atoms with Gasteiger partial charge >= 0.3 is 0 Å². The summed E-state index contributed by atoms with van der Waals surface area (Å²) in [6.07, 6.45) is 4.49. The standard InChI is InChI=1S/C26H35N3O2/c1-27-12-5-13-29(17-16-27)25(30)23-18-26(23)10-14-28(15-11-26)19-22-21-7-4-3-6-20(21)8-9-24(22)31-2/h3-4,6-9,23H,5,10-19H2,1-2H3. The fourth-order valence-electron chi connectivity index (χ4n) is 5.79. The molecule has 1 atom stereocenters. The fourth-order valence-corrected chi connectivity index (χ4v) is 5.79. The number of carbonyl (C=O) groups is 1. The van der Waals surface area contributed by atoms with E-state index >= 15 is 0 Å². The number of likely N-dealkylation sites (N-methyl/N-ethyl adjacent to an activating group) is 1. The van der Waals surface area contributed by atoms with Gasteiger partial charge in [0.2, 0.25) is 5.91 Å². The van der Waals surface area contributed by atoms with Crippen molar-refractivity contribution in [3.8, 4) is 5.75 Å². The molecule has 1 amide bonds. The predicted octanol–water partition coefficient (Wildman–Crippen LogP) is 3.61. The van der Waals surface area contributed by atoms with E-state index in [0.29, 0.717) is 5.91 Å². The molecule has 2 saturated heterocycles. The Balaban J connectivity index is 1.22. The number of methoxy groups -OCH3 is 1. The number of piperidine rings is 1. The zero-order valence-corrected chi connectivity index (χ0v) is 19.0. The van der Waals surface area contributed by atoms with Gasteiger partial charge in [0.15, 0.2) is 0 Å². The van der Waals surface area contributed by atoms with Crippen LogP contribution in [0.25, 0.3) is 10.8 Å². The molecule has 2 aromatic carbocycles. The number of nitrogens with zero attached hydrogens (tertiary/aromatic N) is 3. The second kappa shape index (κ2) is 8.44. The van der Waals surface area contributed by atoms with Crippen molar-refractivity contribution in [2.24, 2.45) is 11.3 Å². The summed E-state index contributed by atoms with van der Waals surface area (Å²) < 4.78 is 5.70. The van der Waals surface area contributed by atoms with E-state index in [-0.39, 0.29) is 11.3 Å². The van der Waals surface area contributed by atoms with Crippen LogP contribution in [0.3, 0.4) is 0 Å². The summed E-state index contributed by atoms with van der Waals surface area (Å²) in [5.41, 5.74) is 1.56. The number of likely N-dealkylation sites (tertiary alicyclic amines) is 1. The van der Waals surface area contributed by atoms with Gasteiger partial charge in [-0.05, 0) is 74.6 Å². The highest BCUT2D eigenvalue weighted by atomic mass is 16.5. The van der Waals surface area contributed by atoms with Gasteiger partial charge in [-0.3, -0.25) is 9.69 Å². The maximum atomic E-state index is 13.2. The van der Waals surface area contributed by atoms with Crippen LogP contribution in [-0.2, 0) is 11.3 Å². The number of benzene rings is 2. The molecule has 1 unspecified atom stereocenters. The van der Waals surface area contributed by atoms with Gasteiger partial charge in [-0.15, -0.1) is 0 Å². The van der Waals surface area contributed by atoms with Crippen molar-refractivity contribution in [1.82, 2.24) is 14.7 Å². The van der Waals surface area contributed by atoms with Crippen molar-refractivity contribution in [3.05, 3.63) is 42.0 Å². The highest BCUT2D eigenvalue weighted by Gasteiger charge is 2.59. The van der Waals surface area contributed by atoms with E-state index < -0.39 is 0 Å². The van der Waals surface area contributed by atoms with Gasteiger partial charge in [-0.1, -0.05) is 30.3 Å². The van der Waals surface area contributed by atoms with Gasteiger partial charge < -0.3 is 14.5 Å². The first kappa shape index (κ1) is 20.8. The van der Waals surface area contributed by atoms with Crippen LogP contribution >= 0.6 is 0 Å². The molecule has 2 heterocycles. The summed E-state index contributed by atoms with van der Waals surface area (Å²) in [4.78, 5) is 20.2. The van der Waals surface area contributed by atoms with Crippen molar-refractivity contribution in [2.45, 2.75) is 32.2 Å². The van der Waals surface area contributed by atoms with E-state index in [4.69, 9.17) is 4.74 Å². The van der Waals surface area contributed by atoms with Crippen molar-refractivity contribution < 1.29 is 9.53 Å². The number of amides is 1. The molecule has 31 heavy (non-hydrogen) atoms. The van der Waals surface area contributed by atoms with Crippen LogP contribution in [-0.4, -0.2) is 74.0 Å². The van der Waals surface area contributed by atoms with Crippen molar-refractivity contribution in [1.29, 1.82) is 0 Å². The lowest BCUT2D eigenvalue weighted by Gasteiger charge is -2.34. The molecule has 0 bridgehead atoms. The fraction of sp³-hybridized carbons (Fsp3) is 0.577. The summed E-state index contributed by atoms with van der Waals surface area (Å²) in [6.45, 7) is 6.99. The molecule has 0 radical (unpaired) electrons. The first-order valence-electron chi connectivity index (χ1n) is 11.8. The minimum atomic E-state index is 0.269. The van der Waals surface area contributed by atoms with Gasteiger partial charge in [-0.2, -0.15) is 0 Å². The van der Waals surface area contributed by atoms with Crippen LogP contribution in [0, 0.1) is 11.3 Å². The number of ether oxygens (including phenoxy) is 1. The lowest BCUT2D eigenvalue weighted by atomic mass is 9.90. The third-order valence-electron chi connectivity index (χ3n) is 7.97. The van der Waals surface area contributed by atoms with Crippen LogP contribution in [0.15, 0.2) is 36.4 Å². The maximum absolute atomic E-state index is 13.2. The van der Waals surface area contributed by atoms with E-state index in [1.54, 1.807) is 7.11 Å². The van der Waals surface area contributed by atoms with Crippen molar-refractivity contribution in [3.63, 3.8) is 0 Å². The van der Waals surface area contributed by atoms with E-state index in [1.165, 1.54) is 16.3 Å². The molecule has 5 nitrogen and oxygen atoms in total. The second-order valence-electron chi connectivity index (χ2n) is 9.84. The smallest absolute Gasteiger partial charge is 0.226 e. The van der Waals surface area contributed by atoms with E-state index in [1.807, 2.05) is 0 Å². The quantitative estimate of drug-likeness (QED) is 0.756. The van der Waals surface area contributed by atoms with Gasteiger partial charge in [0.05, 0.1) is 7.11 Å². The minimum Gasteiger partial charge on any atom is -0.496 e. The summed E-state index contributed by atoms with van der Waals surface area (Å²) in [5, 5.41) is 2.55. The Kier molecular flexibility index (Phi) is 5.65. The number of rotatable bonds is 4. The predicted molar refractivity (Wildman–Crippen MR) is 124 cm³/mol. The molecule has 5 rings (SSSR count). The SMILES string of the molecule is COc1ccc2ccccc2c1CN1CCC2(CC1)CC2C(=O)N1CCCN(C)CC1. The third kappa shape index (κ3) is 4.06. The van der Waals surface area contributed by atoms with Crippen LogP contribution in [0.2, 0.25) is 0 Å². The zero-order valence-electron chi connectivity index (χ0n) is 19.0. The Hall–Kier alpha value is -2.11. The Bertz CT molecular complexity index is 951. The number of fused-ring (bicyclic) bond motifs is 1. The summed E-state index contributed by atoms with van der Waals surface area (Å²) in [6, 6.07) is 12.8. The average molecular weight is 422 g/mol. The van der Waals surface area contributed by atoms with Gasteiger partial charge in [-0.25, -0.2) is 0 Å². The third-order valence-corrected chi connectivity index (χ3v) is 7.97. The molecular weight excluding hydrogens is 386 g/mol.